The normalized spacial score (nSPS) is 12.8. The van der Waals surface area contributed by atoms with Crippen LogP contribution in [0, 0.1) is 5.92 Å². The third-order valence-electron chi connectivity index (χ3n) is 4.78. The van der Waals surface area contributed by atoms with Crippen LogP contribution in [0.1, 0.15) is 56.6 Å². The molecular weight excluding hydrogens is 322 g/mol. The zero-order chi connectivity index (χ0) is 18.7. The molecule has 26 heavy (non-hydrogen) atoms. The number of hydrogen-bond donors (Lipinski definition) is 2. The molecule has 0 spiro atoms. The van der Waals surface area contributed by atoms with Crippen molar-refractivity contribution < 1.29 is 0 Å². The van der Waals surface area contributed by atoms with Crippen LogP contribution >= 0.6 is 0 Å². The summed E-state index contributed by atoms with van der Waals surface area (Å²) in [4.78, 5) is 19.7. The number of nitrogens with zero attached hydrogens (tertiary/aromatic N) is 1. The number of hydrogen-bond acceptors (Lipinski definition) is 3. The number of aromatic nitrogens is 2. The van der Waals surface area contributed by atoms with Gasteiger partial charge in [-0.25, -0.2) is 4.98 Å². The maximum absolute atomic E-state index is 12.2. The van der Waals surface area contributed by atoms with Crippen molar-refractivity contribution >= 4 is 10.9 Å². The van der Waals surface area contributed by atoms with Crippen LogP contribution in [0.3, 0.4) is 0 Å². The topological polar surface area (TPSA) is 57.8 Å². The van der Waals surface area contributed by atoms with Gasteiger partial charge in [-0.2, -0.15) is 0 Å². The summed E-state index contributed by atoms with van der Waals surface area (Å²) in [6.45, 7) is 9.33. The molecule has 3 rings (SSSR count). The second-order valence-corrected chi connectivity index (χ2v) is 7.45. The van der Waals surface area contributed by atoms with Gasteiger partial charge in [-0.05, 0) is 35.1 Å². The van der Waals surface area contributed by atoms with Gasteiger partial charge in [0.15, 0.2) is 0 Å². The Kier molecular flexibility index (Phi) is 5.52. The van der Waals surface area contributed by atoms with E-state index in [0.29, 0.717) is 29.6 Å². The van der Waals surface area contributed by atoms with Crippen molar-refractivity contribution in [3.63, 3.8) is 0 Å². The number of nitrogens with one attached hydrogen (secondary N) is 2. The van der Waals surface area contributed by atoms with Crippen LogP contribution in [-0.2, 0) is 6.54 Å². The highest BCUT2D eigenvalue weighted by molar-refractivity contribution is 5.77. The van der Waals surface area contributed by atoms with Gasteiger partial charge in [-0.1, -0.05) is 64.1 Å². The quantitative estimate of drug-likeness (QED) is 0.687. The van der Waals surface area contributed by atoms with Gasteiger partial charge in [-0.15, -0.1) is 0 Å². The lowest BCUT2D eigenvalue weighted by Gasteiger charge is -2.23. The van der Waals surface area contributed by atoms with E-state index in [4.69, 9.17) is 0 Å². The molecule has 1 aromatic heterocycles. The Morgan fingerprint density at radius 3 is 2.27 bits per heavy atom. The summed E-state index contributed by atoms with van der Waals surface area (Å²) in [6, 6.07) is 16.4. The van der Waals surface area contributed by atoms with Gasteiger partial charge < -0.3 is 10.3 Å². The molecule has 4 nitrogen and oxygen atoms in total. The second-order valence-electron chi connectivity index (χ2n) is 7.45. The van der Waals surface area contributed by atoms with Crippen molar-refractivity contribution in [2.75, 3.05) is 0 Å². The molecule has 0 amide bonds. The monoisotopic (exact) mass is 349 g/mol. The van der Waals surface area contributed by atoms with Gasteiger partial charge in [0.2, 0.25) is 0 Å². The zero-order valence-corrected chi connectivity index (χ0v) is 15.9. The maximum atomic E-state index is 12.2. The number of para-hydroxylation sites is 1. The number of H-pyrrole nitrogens is 1. The molecule has 0 fully saturated rings. The minimum absolute atomic E-state index is 0.0882. The number of benzene rings is 2. The van der Waals surface area contributed by atoms with Gasteiger partial charge in [0, 0.05) is 6.04 Å². The smallest absolute Gasteiger partial charge is 0.258 e. The first-order valence-electron chi connectivity index (χ1n) is 9.27. The van der Waals surface area contributed by atoms with Crippen LogP contribution in [0.25, 0.3) is 10.9 Å². The summed E-state index contributed by atoms with van der Waals surface area (Å²) in [6.07, 6.45) is 0. The van der Waals surface area contributed by atoms with E-state index in [1.807, 2.05) is 18.2 Å². The zero-order valence-electron chi connectivity index (χ0n) is 15.9. The summed E-state index contributed by atoms with van der Waals surface area (Å²) in [5.41, 5.74) is 3.24. The van der Waals surface area contributed by atoms with E-state index in [0.717, 1.165) is 5.52 Å². The number of fused-ring (bicyclic) bond motifs is 1. The highest BCUT2D eigenvalue weighted by Crippen LogP contribution is 2.24. The fourth-order valence-electron chi connectivity index (χ4n) is 3.25. The predicted molar refractivity (Wildman–Crippen MR) is 107 cm³/mol. The Balaban J connectivity index is 1.80. The van der Waals surface area contributed by atoms with Crippen molar-refractivity contribution in [1.29, 1.82) is 0 Å². The minimum atomic E-state index is -0.0882. The van der Waals surface area contributed by atoms with Crippen molar-refractivity contribution in [3.05, 3.63) is 75.8 Å². The maximum Gasteiger partial charge on any atom is 0.258 e. The molecule has 2 aromatic carbocycles. The van der Waals surface area contributed by atoms with Crippen LogP contribution in [-0.4, -0.2) is 9.97 Å². The first kappa shape index (κ1) is 18.3. The fraction of sp³-hybridized carbons (Fsp3) is 0.364. The molecule has 1 atom stereocenters. The van der Waals surface area contributed by atoms with Crippen LogP contribution in [0.5, 0.6) is 0 Å². The first-order valence-corrected chi connectivity index (χ1v) is 9.27. The highest BCUT2D eigenvalue weighted by Gasteiger charge is 2.16. The van der Waals surface area contributed by atoms with E-state index >= 15 is 0 Å². The van der Waals surface area contributed by atoms with Crippen molar-refractivity contribution in [1.82, 2.24) is 15.3 Å². The standard InChI is InChI=1S/C22H27N3O/c1-14(2)16-9-11-17(12-10-16)21(15(3)4)23-13-20-24-19-8-6-5-7-18(19)22(26)25-20/h5-12,14-15,21,23H,13H2,1-4H3,(H,24,25,26)/t21-/m1/s1. The highest BCUT2D eigenvalue weighted by atomic mass is 16.1. The summed E-state index contributed by atoms with van der Waals surface area (Å²) in [5, 5.41) is 4.19. The molecule has 0 aliphatic heterocycles. The van der Waals surface area contributed by atoms with Gasteiger partial charge in [0.1, 0.15) is 5.82 Å². The lowest BCUT2D eigenvalue weighted by molar-refractivity contribution is 0.406. The third-order valence-corrected chi connectivity index (χ3v) is 4.78. The molecule has 136 valence electrons. The SMILES string of the molecule is CC(C)c1ccc([C@H](NCc2nc3ccccc3c(=O)[nH]2)C(C)C)cc1. The Bertz CT molecular complexity index is 926. The molecule has 3 aromatic rings. The molecule has 0 bridgehead atoms. The second kappa shape index (κ2) is 7.83. The van der Waals surface area contributed by atoms with Crippen LogP contribution in [0.4, 0.5) is 0 Å². The molecule has 0 saturated carbocycles. The molecule has 1 heterocycles. The fourth-order valence-corrected chi connectivity index (χ4v) is 3.25. The molecule has 0 saturated heterocycles. The molecule has 0 aliphatic rings. The summed E-state index contributed by atoms with van der Waals surface area (Å²) >= 11 is 0. The Hall–Kier alpha value is -2.46. The first-order chi connectivity index (χ1) is 12.5. The van der Waals surface area contributed by atoms with E-state index in [-0.39, 0.29) is 11.6 Å². The average molecular weight is 349 g/mol. The van der Waals surface area contributed by atoms with Crippen molar-refractivity contribution in [2.45, 2.75) is 46.2 Å². The van der Waals surface area contributed by atoms with Gasteiger partial charge in [-0.3, -0.25) is 4.79 Å². The molecule has 4 heteroatoms. The van der Waals surface area contributed by atoms with E-state index in [1.165, 1.54) is 11.1 Å². The van der Waals surface area contributed by atoms with Gasteiger partial charge in [0.25, 0.3) is 5.56 Å². The Morgan fingerprint density at radius 2 is 1.62 bits per heavy atom. The third kappa shape index (κ3) is 4.02. The molecular formula is C22H27N3O. The van der Waals surface area contributed by atoms with Crippen LogP contribution in [0.15, 0.2) is 53.3 Å². The van der Waals surface area contributed by atoms with E-state index in [2.05, 4.69) is 67.2 Å². The predicted octanol–water partition coefficient (Wildman–Crippen LogP) is 4.53. The summed E-state index contributed by atoms with van der Waals surface area (Å²) in [7, 11) is 0. The van der Waals surface area contributed by atoms with E-state index in [9.17, 15) is 4.79 Å². The average Bonchev–Trinajstić information content (AvgIpc) is 2.62. The van der Waals surface area contributed by atoms with Crippen LogP contribution in [0.2, 0.25) is 0 Å². The largest absolute Gasteiger partial charge is 0.309 e. The summed E-state index contributed by atoms with van der Waals surface area (Å²) < 4.78 is 0. The van der Waals surface area contributed by atoms with Crippen molar-refractivity contribution in [2.24, 2.45) is 5.92 Å². The number of aromatic amines is 1. The number of rotatable bonds is 6. The minimum Gasteiger partial charge on any atom is -0.309 e. The molecule has 0 radical (unpaired) electrons. The molecule has 2 N–H and O–H groups in total. The van der Waals surface area contributed by atoms with Crippen molar-refractivity contribution in [3.8, 4) is 0 Å². The Labute approximate surface area is 154 Å². The van der Waals surface area contributed by atoms with E-state index < -0.39 is 0 Å². The van der Waals surface area contributed by atoms with Crippen LogP contribution < -0.4 is 10.9 Å². The Morgan fingerprint density at radius 1 is 0.962 bits per heavy atom. The van der Waals surface area contributed by atoms with E-state index in [1.54, 1.807) is 6.07 Å². The van der Waals surface area contributed by atoms with Gasteiger partial charge >= 0.3 is 0 Å². The van der Waals surface area contributed by atoms with Gasteiger partial charge in [0.05, 0.1) is 17.4 Å². The lowest BCUT2D eigenvalue weighted by Crippen LogP contribution is -2.27. The molecule has 0 unspecified atom stereocenters. The molecule has 0 aliphatic carbocycles. The summed E-state index contributed by atoms with van der Waals surface area (Å²) in [5.74, 6) is 1.62. The lowest BCUT2D eigenvalue weighted by atomic mass is 9.93.